The average molecular weight is 347 g/mol. The van der Waals surface area contributed by atoms with Gasteiger partial charge in [0, 0.05) is 17.4 Å². The molecule has 4 N–H and O–H groups in total. The largest absolute Gasteiger partial charge is 0.368 e. The number of rotatable bonds is 6. The third-order valence-corrected chi connectivity index (χ3v) is 3.85. The Morgan fingerprint density at radius 3 is 2.79 bits per heavy atom. The number of carbonyl (C=O) groups is 1. The van der Waals surface area contributed by atoms with Crippen LogP contribution in [0.2, 0.25) is 0 Å². The SMILES string of the molecule is N#Cc1cccn1-c1cccc(C(=O)CS(=O)(=O)ONC(=N)N)c1. The Kier molecular flexibility index (Phi) is 4.98. The van der Waals surface area contributed by atoms with Crippen LogP contribution >= 0.6 is 0 Å². The molecular formula is C14H13N5O4S. The minimum absolute atomic E-state index is 0.139. The van der Waals surface area contributed by atoms with Crippen LogP contribution in [0.4, 0.5) is 0 Å². The number of Topliss-reactive ketones (excluding diaryl/α,β-unsaturated/α-hetero) is 1. The van der Waals surface area contributed by atoms with E-state index in [0.29, 0.717) is 11.4 Å². The van der Waals surface area contributed by atoms with Crippen molar-refractivity contribution < 1.29 is 17.5 Å². The zero-order chi connectivity index (χ0) is 17.7. The van der Waals surface area contributed by atoms with Crippen molar-refractivity contribution in [1.29, 1.82) is 10.7 Å². The molecule has 0 aliphatic carbocycles. The Bertz CT molecular complexity index is 927. The number of nitrogens with two attached hydrogens (primary N) is 1. The Labute approximate surface area is 137 Å². The van der Waals surface area contributed by atoms with Gasteiger partial charge in [0.15, 0.2) is 5.78 Å². The highest BCUT2D eigenvalue weighted by Gasteiger charge is 2.20. The second-order valence-electron chi connectivity index (χ2n) is 4.65. The molecular weight excluding hydrogens is 334 g/mol. The van der Waals surface area contributed by atoms with E-state index in [0.717, 1.165) is 0 Å². The van der Waals surface area contributed by atoms with Crippen molar-refractivity contribution in [1.82, 2.24) is 10.0 Å². The van der Waals surface area contributed by atoms with Gasteiger partial charge in [0.05, 0.1) is 0 Å². The topological polar surface area (TPSA) is 151 Å². The highest BCUT2D eigenvalue weighted by atomic mass is 32.2. The Morgan fingerprint density at radius 1 is 1.38 bits per heavy atom. The van der Waals surface area contributed by atoms with Crippen LogP contribution in [0.3, 0.4) is 0 Å². The number of guanidine groups is 1. The van der Waals surface area contributed by atoms with Crippen molar-refractivity contribution in [2.45, 2.75) is 0 Å². The molecule has 1 aromatic heterocycles. The molecule has 0 fully saturated rings. The monoisotopic (exact) mass is 347 g/mol. The summed E-state index contributed by atoms with van der Waals surface area (Å²) < 4.78 is 29.0. The quantitative estimate of drug-likeness (QED) is 0.294. The van der Waals surface area contributed by atoms with Crippen LogP contribution in [0.1, 0.15) is 16.1 Å². The molecule has 2 aromatic rings. The predicted octanol–water partition coefficient (Wildman–Crippen LogP) is 0.276. The molecule has 0 radical (unpaired) electrons. The molecule has 0 bridgehead atoms. The van der Waals surface area contributed by atoms with Crippen LogP contribution in [0.5, 0.6) is 0 Å². The van der Waals surface area contributed by atoms with Gasteiger partial charge in [-0.2, -0.15) is 13.7 Å². The van der Waals surface area contributed by atoms with Gasteiger partial charge in [-0.15, -0.1) is 4.28 Å². The maximum absolute atomic E-state index is 12.1. The molecule has 0 saturated carbocycles. The van der Waals surface area contributed by atoms with Crippen molar-refractivity contribution >= 4 is 21.9 Å². The van der Waals surface area contributed by atoms with Crippen molar-refractivity contribution in [3.05, 3.63) is 53.9 Å². The first kappa shape index (κ1) is 17.2. The highest BCUT2D eigenvalue weighted by Crippen LogP contribution is 2.15. The van der Waals surface area contributed by atoms with Crippen molar-refractivity contribution in [2.24, 2.45) is 5.73 Å². The number of benzene rings is 1. The summed E-state index contributed by atoms with van der Waals surface area (Å²) in [4.78, 5) is 12.1. The van der Waals surface area contributed by atoms with E-state index in [9.17, 15) is 13.2 Å². The minimum Gasteiger partial charge on any atom is -0.368 e. The van der Waals surface area contributed by atoms with Gasteiger partial charge in [-0.1, -0.05) is 12.1 Å². The number of carbonyl (C=O) groups excluding carboxylic acids is 1. The molecule has 0 unspecified atom stereocenters. The molecule has 0 aliphatic heterocycles. The lowest BCUT2D eigenvalue weighted by molar-refractivity contribution is 0.101. The number of nitriles is 1. The van der Waals surface area contributed by atoms with Crippen molar-refractivity contribution in [3.8, 4) is 11.8 Å². The first-order valence-electron chi connectivity index (χ1n) is 6.54. The molecule has 0 aliphatic rings. The summed E-state index contributed by atoms with van der Waals surface area (Å²) in [6, 6.07) is 11.5. The summed E-state index contributed by atoms with van der Waals surface area (Å²) >= 11 is 0. The van der Waals surface area contributed by atoms with Crippen LogP contribution in [0, 0.1) is 16.7 Å². The second-order valence-corrected chi connectivity index (χ2v) is 6.22. The van der Waals surface area contributed by atoms with Gasteiger partial charge in [-0.05, 0) is 24.3 Å². The zero-order valence-corrected chi connectivity index (χ0v) is 13.1. The Balaban J connectivity index is 2.21. The van der Waals surface area contributed by atoms with Gasteiger partial charge in [-0.3, -0.25) is 10.2 Å². The maximum atomic E-state index is 12.1. The molecule has 124 valence electrons. The molecule has 10 heteroatoms. The van der Waals surface area contributed by atoms with E-state index in [1.54, 1.807) is 40.5 Å². The number of hydroxylamine groups is 1. The average Bonchev–Trinajstić information content (AvgIpc) is 3.01. The summed E-state index contributed by atoms with van der Waals surface area (Å²) in [6.45, 7) is 0. The number of aromatic nitrogens is 1. The number of nitrogens with zero attached hydrogens (tertiary/aromatic N) is 2. The molecule has 0 spiro atoms. The first-order valence-corrected chi connectivity index (χ1v) is 8.12. The fourth-order valence-electron chi connectivity index (χ4n) is 1.91. The Morgan fingerprint density at radius 2 is 2.12 bits per heavy atom. The van der Waals surface area contributed by atoms with Gasteiger partial charge in [0.25, 0.3) is 10.1 Å². The fraction of sp³-hybridized carbons (Fsp3) is 0.0714. The number of nitrogens with one attached hydrogen (secondary N) is 2. The van der Waals surface area contributed by atoms with Crippen molar-refractivity contribution in [3.63, 3.8) is 0 Å². The van der Waals surface area contributed by atoms with Crippen LogP contribution in [0.25, 0.3) is 5.69 Å². The van der Waals surface area contributed by atoms with Gasteiger partial charge in [0.1, 0.15) is 17.5 Å². The molecule has 0 atom stereocenters. The molecule has 1 aromatic carbocycles. The van der Waals surface area contributed by atoms with Gasteiger partial charge >= 0.3 is 0 Å². The second kappa shape index (κ2) is 6.95. The van der Waals surface area contributed by atoms with Crippen molar-refractivity contribution in [2.75, 3.05) is 5.75 Å². The van der Waals surface area contributed by atoms with E-state index in [2.05, 4.69) is 4.28 Å². The summed E-state index contributed by atoms with van der Waals surface area (Å²) in [5.74, 6) is -2.33. The molecule has 1 heterocycles. The number of ketones is 1. The lowest BCUT2D eigenvalue weighted by Crippen LogP contribution is -2.34. The lowest BCUT2D eigenvalue weighted by Gasteiger charge is -2.08. The van der Waals surface area contributed by atoms with E-state index >= 15 is 0 Å². The Hall–Kier alpha value is -3.16. The van der Waals surface area contributed by atoms with Crippen LogP contribution < -0.4 is 11.2 Å². The molecule has 0 saturated heterocycles. The van der Waals surface area contributed by atoms with E-state index in [-0.39, 0.29) is 5.56 Å². The van der Waals surface area contributed by atoms with Gasteiger partial charge < -0.3 is 10.3 Å². The lowest BCUT2D eigenvalue weighted by atomic mass is 10.1. The maximum Gasteiger partial charge on any atom is 0.295 e. The third-order valence-electron chi connectivity index (χ3n) is 2.90. The van der Waals surface area contributed by atoms with Crippen LogP contribution in [-0.4, -0.2) is 30.5 Å². The molecule has 9 nitrogen and oxygen atoms in total. The van der Waals surface area contributed by atoms with E-state index in [4.69, 9.17) is 16.4 Å². The summed E-state index contributed by atoms with van der Waals surface area (Å²) in [6.07, 6.45) is 1.65. The molecule has 24 heavy (non-hydrogen) atoms. The van der Waals surface area contributed by atoms with Crippen LogP contribution in [-0.2, 0) is 14.4 Å². The predicted molar refractivity (Wildman–Crippen MR) is 84.7 cm³/mol. The van der Waals surface area contributed by atoms with E-state index in [1.807, 2.05) is 6.07 Å². The van der Waals surface area contributed by atoms with Crippen LogP contribution in [0.15, 0.2) is 42.6 Å². The zero-order valence-electron chi connectivity index (χ0n) is 12.3. The van der Waals surface area contributed by atoms with Gasteiger partial charge in [0.2, 0.25) is 5.96 Å². The highest BCUT2D eigenvalue weighted by molar-refractivity contribution is 7.87. The summed E-state index contributed by atoms with van der Waals surface area (Å²) in [7, 11) is -4.24. The smallest absolute Gasteiger partial charge is 0.295 e. The first-order chi connectivity index (χ1) is 11.3. The normalized spacial score (nSPS) is 10.8. The standard InChI is InChI=1S/C14H13N5O4S/c15-8-12-5-2-6-19(12)11-4-1-3-10(7-11)13(20)9-24(21,22)23-18-14(16)17/h1-7H,9H2,(H4,16,17,18). The number of hydrogen-bond donors (Lipinski definition) is 3. The number of hydrogen-bond acceptors (Lipinski definition) is 6. The summed E-state index contributed by atoms with van der Waals surface area (Å²) in [5, 5.41) is 15.9. The molecule has 0 amide bonds. The molecule has 2 rings (SSSR count). The van der Waals surface area contributed by atoms with E-state index in [1.165, 1.54) is 12.1 Å². The fourth-order valence-corrected chi connectivity index (χ4v) is 2.67. The summed E-state index contributed by atoms with van der Waals surface area (Å²) in [5.41, 5.74) is 7.64. The van der Waals surface area contributed by atoms with E-state index < -0.39 is 27.6 Å². The third kappa shape index (κ3) is 4.19. The van der Waals surface area contributed by atoms with Gasteiger partial charge in [-0.25, -0.2) is 5.48 Å². The minimum atomic E-state index is -4.24.